The molecule has 1 aliphatic carbocycles. The van der Waals surface area contributed by atoms with Crippen molar-refractivity contribution in [1.82, 2.24) is 9.89 Å². The average Bonchev–Trinajstić information content (AvgIpc) is 2.80. The number of fused-ring (bicyclic) bond motifs is 2. The van der Waals surface area contributed by atoms with E-state index in [1.807, 2.05) is 74.9 Å². The van der Waals surface area contributed by atoms with E-state index in [0.717, 1.165) is 27.6 Å². The number of amides is 1. The Morgan fingerprint density at radius 3 is 2.35 bits per heavy atom. The number of aryl methyl sites for hydroxylation is 1. The highest BCUT2D eigenvalue weighted by Crippen LogP contribution is 2.42. The largest absolute Gasteiger partial charge is 0.545 e. The molecule has 0 radical (unpaired) electrons. The van der Waals surface area contributed by atoms with Crippen LogP contribution in [0.3, 0.4) is 0 Å². The number of carboxylic acids is 1. The molecule has 0 saturated heterocycles. The van der Waals surface area contributed by atoms with Gasteiger partial charge in [0.1, 0.15) is 25.4 Å². The van der Waals surface area contributed by atoms with Gasteiger partial charge >= 0.3 is 0 Å². The van der Waals surface area contributed by atoms with E-state index in [1.165, 1.54) is 19.2 Å². The number of aromatic carboxylic acids is 1. The van der Waals surface area contributed by atoms with Crippen LogP contribution in [-0.2, 0) is 0 Å². The summed E-state index contributed by atoms with van der Waals surface area (Å²) in [5, 5.41) is 16.5. The van der Waals surface area contributed by atoms with Crippen molar-refractivity contribution in [3.8, 4) is 22.5 Å². The fraction of sp³-hybridized carbons (Fsp3) is 0.222. The van der Waals surface area contributed by atoms with Crippen molar-refractivity contribution in [2.24, 2.45) is 0 Å². The maximum Gasteiger partial charge on any atom is 0.251 e. The van der Waals surface area contributed by atoms with Gasteiger partial charge in [-0.1, -0.05) is 6.07 Å². The molecule has 0 fully saturated rings. The van der Waals surface area contributed by atoms with Crippen molar-refractivity contribution in [3.05, 3.63) is 70.6 Å². The normalized spacial score (nSPS) is 11.0. The van der Waals surface area contributed by atoms with Crippen molar-refractivity contribution in [3.63, 3.8) is 0 Å². The van der Waals surface area contributed by atoms with Crippen molar-refractivity contribution >= 4 is 28.5 Å². The zero-order valence-corrected chi connectivity index (χ0v) is 20.1. The molecule has 1 heterocycles. The molecule has 0 aromatic heterocycles. The van der Waals surface area contributed by atoms with Crippen LogP contribution in [0.2, 0.25) is 0 Å². The maximum absolute atomic E-state index is 12.4. The number of hydrogen-bond donors (Lipinski definition) is 1. The molecule has 7 nitrogen and oxygen atoms in total. The lowest BCUT2D eigenvalue weighted by Crippen LogP contribution is -2.25. The van der Waals surface area contributed by atoms with Gasteiger partial charge in [-0.25, -0.2) is 4.58 Å². The van der Waals surface area contributed by atoms with Gasteiger partial charge in [0.15, 0.2) is 0 Å². The number of nitrogens with one attached hydrogen (secondary N) is 1. The summed E-state index contributed by atoms with van der Waals surface area (Å²) in [6.07, 6.45) is 0. The Morgan fingerprint density at radius 2 is 1.74 bits per heavy atom. The summed E-state index contributed by atoms with van der Waals surface area (Å²) >= 11 is 0. The lowest BCUT2D eigenvalue weighted by Gasteiger charge is -2.20. The van der Waals surface area contributed by atoms with E-state index < -0.39 is 5.97 Å². The molecule has 7 heteroatoms. The second-order valence-corrected chi connectivity index (χ2v) is 8.71. The number of benzene rings is 3. The predicted molar refractivity (Wildman–Crippen MR) is 132 cm³/mol. The van der Waals surface area contributed by atoms with Crippen molar-refractivity contribution in [2.45, 2.75) is 6.92 Å². The molecule has 0 unspecified atom stereocenters. The van der Waals surface area contributed by atoms with Crippen LogP contribution >= 0.6 is 0 Å². The van der Waals surface area contributed by atoms with Gasteiger partial charge in [-0.15, -0.1) is 0 Å². The number of carbonyl (C=O) groups is 2. The highest BCUT2D eigenvalue weighted by atomic mass is 16.4. The molecule has 1 amide bonds. The third kappa shape index (κ3) is 3.90. The fourth-order valence-electron chi connectivity index (χ4n) is 4.29. The first-order valence-electron chi connectivity index (χ1n) is 10.9. The van der Waals surface area contributed by atoms with Crippen LogP contribution in [0, 0.1) is 6.92 Å². The van der Waals surface area contributed by atoms with Gasteiger partial charge in [0, 0.05) is 66.1 Å². The summed E-state index contributed by atoms with van der Waals surface area (Å²) in [5.41, 5.74) is 4.77. The smallest absolute Gasteiger partial charge is 0.251 e. The van der Waals surface area contributed by atoms with E-state index in [0.29, 0.717) is 28.0 Å². The zero-order chi connectivity index (χ0) is 24.7. The Bertz CT molecular complexity index is 1490. The molecule has 0 saturated carbocycles. The minimum Gasteiger partial charge on any atom is -0.545 e. The number of carboxylic acid groups (broad SMARTS) is 1. The van der Waals surface area contributed by atoms with Crippen LogP contribution in [0.1, 0.15) is 26.3 Å². The number of nitrogens with zero attached hydrogens (tertiary/aromatic N) is 2. The first kappa shape index (κ1) is 23.0. The van der Waals surface area contributed by atoms with E-state index in [1.54, 1.807) is 6.07 Å². The summed E-state index contributed by atoms with van der Waals surface area (Å²) in [4.78, 5) is 26.5. The summed E-state index contributed by atoms with van der Waals surface area (Å²) in [6, 6.07) is 14.3. The molecule has 2 aromatic rings. The molecule has 0 spiro atoms. The number of rotatable bonds is 4. The Balaban J connectivity index is 2.23. The van der Waals surface area contributed by atoms with Crippen LogP contribution < -0.4 is 25.3 Å². The molecule has 2 aromatic carbocycles. The molecule has 0 atom stereocenters. The van der Waals surface area contributed by atoms with E-state index in [-0.39, 0.29) is 11.5 Å². The van der Waals surface area contributed by atoms with Gasteiger partial charge in [0.2, 0.25) is 5.36 Å². The van der Waals surface area contributed by atoms with Crippen LogP contribution in [0.25, 0.3) is 33.4 Å². The van der Waals surface area contributed by atoms with Gasteiger partial charge < -0.3 is 24.5 Å². The predicted octanol–water partition coefficient (Wildman–Crippen LogP) is 2.33. The van der Waals surface area contributed by atoms with Gasteiger partial charge in [-0.2, -0.15) is 0 Å². The van der Waals surface area contributed by atoms with Crippen molar-refractivity contribution in [2.75, 3.05) is 40.1 Å². The highest BCUT2D eigenvalue weighted by molar-refractivity contribution is 6.09. The van der Waals surface area contributed by atoms with Crippen LogP contribution in [0.15, 0.2) is 52.9 Å². The second kappa shape index (κ2) is 8.67. The Hall–Kier alpha value is -4.13. The monoisotopic (exact) mass is 457 g/mol. The van der Waals surface area contributed by atoms with Crippen molar-refractivity contribution in [1.29, 1.82) is 0 Å². The van der Waals surface area contributed by atoms with Crippen LogP contribution in [-0.4, -0.2) is 47.1 Å². The molecule has 0 bridgehead atoms. The van der Waals surface area contributed by atoms with E-state index in [2.05, 4.69) is 5.32 Å². The molecular weight excluding hydrogens is 430 g/mol. The Morgan fingerprint density at radius 1 is 1.00 bits per heavy atom. The van der Waals surface area contributed by atoms with Crippen LogP contribution in [0.4, 0.5) is 5.69 Å². The summed E-state index contributed by atoms with van der Waals surface area (Å²) in [6.45, 7) is 2.00. The molecule has 2 aliphatic rings. The molecule has 1 N–H and O–H groups in total. The van der Waals surface area contributed by atoms with Gasteiger partial charge in [-0.3, -0.25) is 4.79 Å². The molecular formula is C27H27N3O4. The quantitative estimate of drug-likeness (QED) is 0.375. The van der Waals surface area contributed by atoms with Gasteiger partial charge in [0.25, 0.3) is 5.91 Å². The number of hydrogen-bond acceptors (Lipinski definition) is 5. The topological polar surface area (TPSA) is 88.6 Å². The SMILES string of the molecule is CNC(=O)c1ccc(C(=O)[O-])c(-c2c3cc(C)c(=[N+](C)C)cc-3oc3cc(N(C)C)ccc23)c1. The summed E-state index contributed by atoms with van der Waals surface area (Å²) in [5.74, 6) is -1.00. The fourth-order valence-corrected chi connectivity index (χ4v) is 4.29. The lowest BCUT2D eigenvalue weighted by atomic mass is 9.88. The minimum atomic E-state index is -1.31. The number of anilines is 1. The Kier molecular flexibility index (Phi) is 5.87. The summed E-state index contributed by atoms with van der Waals surface area (Å²) < 4.78 is 8.35. The van der Waals surface area contributed by atoms with Crippen molar-refractivity contribution < 1.29 is 19.1 Å². The van der Waals surface area contributed by atoms with Crippen LogP contribution in [0.5, 0.6) is 0 Å². The molecule has 174 valence electrons. The lowest BCUT2D eigenvalue weighted by molar-refractivity contribution is -0.254. The highest BCUT2D eigenvalue weighted by Gasteiger charge is 2.23. The molecule has 4 rings (SSSR count). The van der Waals surface area contributed by atoms with E-state index in [4.69, 9.17) is 4.42 Å². The van der Waals surface area contributed by atoms with Gasteiger partial charge in [-0.05, 0) is 42.8 Å². The first-order valence-corrected chi connectivity index (χ1v) is 10.9. The third-order valence-electron chi connectivity index (χ3n) is 6.02. The van der Waals surface area contributed by atoms with E-state index >= 15 is 0 Å². The minimum absolute atomic E-state index is 0.00692. The average molecular weight is 458 g/mol. The van der Waals surface area contributed by atoms with E-state index in [9.17, 15) is 14.7 Å². The number of carbonyl (C=O) groups excluding carboxylic acids is 2. The summed E-state index contributed by atoms with van der Waals surface area (Å²) in [7, 11) is 9.34. The maximum atomic E-state index is 12.4. The first-order chi connectivity index (χ1) is 16.1. The zero-order valence-electron chi connectivity index (χ0n) is 20.1. The standard InChI is InChI=1S/C27H27N3O4/c1-15-11-21-24(14-22(15)30(5)6)34-23-13-17(29(3)4)8-10-19(23)25(21)20-12-16(26(31)28-2)7-9-18(20)27(32)33/h7-14H,1-6H3,(H-,28,31,32,33). The molecule has 34 heavy (non-hydrogen) atoms. The Labute approximate surface area is 197 Å². The second-order valence-electron chi connectivity index (χ2n) is 8.71. The third-order valence-corrected chi connectivity index (χ3v) is 6.02. The van der Waals surface area contributed by atoms with Gasteiger partial charge in [0.05, 0.1) is 12.0 Å². The molecule has 1 aliphatic heterocycles.